The van der Waals surface area contributed by atoms with Crippen LogP contribution in [0, 0.1) is 23.0 Å². The van der Waals surface area contributed by atoms with Gasteiger partial charge in [-0.2, -0.15) is 4.98 Å². The topological polar surface area (TPSA) is 131 Å². The fraction of sp³-hybridized carbons (Fsp3) is 0.538. The van der Waals surface area contributed by atoms with Gasteiger partial charge in [-0.05, 0) is 62.5 Å². The lowest BCUT2D eigenvalue weighted by atomic mass is 9.73. The number of aliphatic hydroxyl groups excluding tert-OH is 1. The summed E-state index contributed by atoms with van der Waals surface area (Å²) in [5.41, 5.74) is 5.91. The number of nitrogens with zero attached hydrogens (tertiary/aromatic N) is 4. The molecule has 1 aromatic carbocycles. The molecule has 38 heavy (non-hydrogen) atoms. The number of hydrogen-bond donors (Lipinski definition) is 4. The SMILES string of the molecule is CC1(C)CC[C@H](Nc2ncc3nc(Nc4c(F)ccc(Cl)c4F)n([C@H]4CC[C@@H](C(N)=O)CC4)c3n2)C[C@H]1O. The number of primary amides is 1. The third-order valence-electron chi connectivity index (χ3n) is 8.06. The molecule has 2 aliphatic carbocycles. The van der Waals surface area contributed by atoms with E-state index in [1.807, 2.05) is 4.57 Å². The van der Waals surface area contributed by atoms with Crippen LogP contribution in [0.4, 0.5) is 26.4 Å². The number of halogens is 3. The Morgan fingerprint density at radius 3 is 2.61 bits per heavy atom. The van der Waals surface area contributed by atoms with Crippen molar-refractivity contribution in [2.24, 2.45) is 17.1 Å². The Hall–Kier alpha value is -3.05. The first-order valence-electron chi connectivity index (χ1n) is 12.9. The lowest BCUT2D eigenvalue weighted by Crippen LogP contribution is -2.41. The molecular weight excluding hydrogens is 516 g/mol. The van der Waals surface area contributed by atoms with Gasteiger partial charge in [0.05, 0.1) is 17.3 Å². The standard InChI is InChI=1S/C26H32ClF2N7O2/c1-26(2)10-9-14(11-19(26)37)32-24-31-12-18-23(35-24)36(15-5-3-13(4-6-15)22(30)38)25(33-18)34-21-17(28)8-7-16(27)20(21)29/h7-8,12-15,19,37H,3-6,9-11H2,1-2H3,(H2,30,38)(H,33,34)(H,31,32,35)/t13-,14-,15+,19+/m0/s1. The van der Waals surface area contributed by atoms with Crippen LogP contribution in [0.3, 0.4) is 0 Å². The van der Waals surface area contributed by atoms with Crippen molar-refractivity contribution in [3.63, 3.8) is 0 Å². The smallest absolute Gasteiger partial charge is 0.224 e. The quantitative estimate of drug-likeness (QED) is 0.317. The Kier molecular flexibility index (Phi) is 7.17. The van der Waals surface area contributed by atoms with Gasteiger partial charge in [-0.15, -0.1) is 0 Å². The summed E-state index contributed by atoms with van der Waals surface area (Å²) in [6.45, 7) is 4.12. The number of rotatable bonds is 6. The van der Waals surface area contributed by atoms with Crippen molar-refractivity contribution in [2.75, 3.05) is 10.6 Å². The molecule has 3 aromatic rings. The van der Waals surface area contributed by atoms with Crippen LogP contribution in [0.1, 0.15) is 64.8 Å². The molecule has 0 radical (unpaired) electrons. The Bertz CT molecular complexity index is 1360. The summed E-state index contributed by atoms with van der Waals surface area (Å²) in [7, 11) is 0. The van der Waals surface area contributed by atoms with Gasteiger partial charge in [-0.3, -0.25) is 9.36 Å². The number of aliphatic hydroxyl groups is 1. The number of carbonyl (C=O) groups excluding carboxylic acids is 1. The lowest BCUT2D eigenvalue weighted by molar-refractivity contribution is -0.122. The maximum absolute atomic E-state index is 14.7. The van der Waals surface area contributed by atoms with E-state index in [1.165, 1.54) is 0 Å². The number of fused-ring (bicyclic) bond motifs is 1. The Labute approximate surface area is 224 Å². The molecule has 2 atom stereocenters. The van der Waals surface area contributed by atoms with E-state index in [9.17, 15) is 18.7 Å². The third kappa shape index (κ3) is 5.13. The van der Waals surface area contributed by atoms with Gasteiger partial charge in [0, 0.05) is 18.0 Å². The number of aromatic nitrogens is 4. The molecule has 2 aliphatic rings. The molecule has 204 valence electrons. The molecule has 0 unspecified atom stereocenters. The summed E-state index contributed by atoms with van der Waals surface area (Å²) < 4.78 is 31.2. The molecule has 0 spiro atoms. The van der Waals surface area contributed by atoms with Gasteiger partial charge >= 0.3 is 0 Å². The highest BCUT2D eigenvalue weighted by atomic mass is 35.5. The first kappa shape index (κ1) is 26.6. The highest BCUT2D eigenvalue weighted by Gasteiger charge is 2.35. The van der Waals surface area contributed by atoms with Gasteiger partial charge in [-0.25, -0.2) is 18.7 Å². The number of imidazole rings is 1. The van der Waals surface area contributed by atoms with E-state index in [1.54, 1.807) is 6.20 Å². The van der Waals surface area contributed by atoms with Crippen molar-refractivity contribution >= 4 is 46.3 Å². The van der Waals surface area contributed by atoms with Crippen molar-refractivity contribution in [1.82, 2.24) is 19.5 Å². The molecule has 0 bridgehead atoms. The average Bonchev–Trinajstić information content (AvgIpc) is 3.24. The highest BCUT2D eigenvalue weighted by Crippen LogP contribution is 2.39. The number of amides is 1. The van der Waals surface area contributed by atoms with Crippen LogP contribution in [-0.2, 0) is 4.79 Å². The van der Waals surface area contributed by atoms with E-state index >= 15 is 0 Å². The van der Waals surface area contributed by atoms with Crippen LogP contribution < -0.4 is 16.4 Å². The Morgan fingerprint density at radius 1 is 1.18 bits per heavy atom. The first-order valence-corrected chi connectivity index (χ1v) is 13.3. The molecule has 0 aliphatic heterocycles. The maximum Gasteiger partial charge on any atom is 0.224 e. The number of nitrogens with one attached hydrogen (secondary N) is 2. The van der Waals surface area contributed by atoms with Crippen molar-refractivity contribution in [3.8, 4) is 0 Å². The second-order valence-electron chi connectivity index (χ2n) is 11.1. The van der Waals surface area contributed by atoms with E-state index in [4.69, 9.17) is 22.3 Å². The molecule has 0 saturated heterocycles. The Morgan fingerprint density at radius 2 is 1.92 bits per heavy atom. The van der Waals surface area contributed by atoms with E-state index in [2.05, 4.69) is 34.4 Å². The van der Waals surface area contributed by atoms with Crippen LogP contribution in [0.2, 0.25) is 5.02 Å². The van der Waals surface area contributed by atoms with E-state index in [0.717, 1.165) is 25.0 Å². The van der Waals surface area contributed by atoms with Crippen LogP contribution in [-0.4, -0.2) is 42.7 Å². The predicted octanol–water partition coefficient (Wildman–Crippen LogP) is 5.07. The molecule has 2 saturated carbocycles. The summed E-state index contributed by atoms with van der Waals surface area (Å²) in [4.78, 5) is 25.4. The predicted molar refractivity (Wildman–Crippen MR) is 141 cm³/mol. The van der Waals surface area contributed by atoms with Gasteiger partial charge in [0.1, 0.15) is 17.0 Å². The van der Waals surface area contributed by atoms with Crippen molar-refractivity contribution in [1.29, 1.82) is 0 Å². The van der Waals surface area contributed by atoms with Crippen molar-refractivity contribution in [3.05, 3.63) is 35.0 Å². The first-order chi connectivity index (χ1) is 18.0. The molecular formula is C26H32ClF2N7O2. The zero-order valence-corrected chi connectivity index (χ0v) is 22.1. The minimum atomic E-state index is -0.921. The van der Waals surface area contributed by atoms with Crippen LogP contribution in [0.5, 0.6) is 0 Å². The molecule has 2 aromatic heterocycles. The molecule has 5 N–H and O–H groups in total. The maximum atomic E-state index is 14.7. The zero-order chi connectivity index (χ0) is 27.2. The van der Waals surface area contributed by atoms with Gasteiger partial charge in [0.25, 0.3) is 0 Å². The van der Waals surface area contributed by atoms with Crippen LogP contribution in [0.25, 0.3) is 11.2 Å². The molecule has 2 fully saturated rings. The third-order valence-corrected chi connectivity index (χ3v) is 8.35. The summed E-state index contributed by atoms with van der Waals surface area (Å²) in [5.74, 6) is -1.69. The lowest BCUT2D eigenvalue weighted by Gasteiger charge is -2.39. The number of hydrogen-bond acceptors (Lipinski definition) is 7. The highest BCUT2D eigenvalue weighted by molar-refractivity contribution is 6.31. The zero-order valence-electron chi connectivity index (χ0n) is 21.3. The average molecular weight is 548 g/mol. The molecule has 1 amide bonds. The van der Waals surface area contributed by atoms with Crippen molar-refractivity contribution in [2.45, 2.75) is 77.0 Å². The summed E-state index contributed by atoms with van der Waals surface area (Å²) in [6, 6.07) is 2.10. The van der Waals surface area contributed by atoms with Crippen molar-refractivity contribution < 1.29 is 18.7 Å². The fourth-order valence-electron chi connectivity index (χ4n) is 5.50. The molecule has 2 heterocycles. The monoisotopic (exact) mass is 547 g/mol. The number of benzene rings is 1. The number of carbonyl (C=O) groups is 1. The Balaban J connectivity index is 1.50. The van der Waals surface area contributed by atoms with E-state index in [0.29, 0.717) is 49.2 Å². The second-order valence-corrected chi connectivity index (χ2v) is 11.5. The minimum absolute atomic E-state index is 0.00472. The van der Waals surface area contributed by atoms with Gasteiger partial charge in [-0.1, -0.05) is 25.4 Å². The van der Waals surface area contributed by atoms with Gasteiger partial charge in [0.15, 0.2) is 11.5 Å². The fourth-order valence-corrected chi connectivity index (χ4v) is 5.66. The van der Waals surface area contributed by atoms with Crippen LogP contribution >= 0.6 is 11.6 Å². The summed E-state index contributed by atoms with van der Waals surface area (Å²) in [5, 5.41) is 16.4. The largest absolute Gasteiger partial charge is 0.392 e. The second kappa shape index (κ2) is 10.3. The minimum Gasteiger partial charge on any atom is -0.392 e. The molecule has 5 rings (SSSR count). The number of anilines is 3. The van der Waals surface area contributed by atoms with Gasteiger partial charge < -0.3 is 21.5 Å². The normalized spacial score (nSPS) is 25.3. The van der Waals surface area contributed by atoms with E-state index < -0.39 is 23.4 Å². The molecule has 12 heteroatoms. The van der Waals surface area contributed by atoms with Gasteiger partial charge in [0.2, 0.25) is 17.8 Å². The summed E-state index contributed by atoms with van der Waals surface area (Å²) in [6.07, 6.45) is 5.83. The van der Waals surface area contributed by atoms with Crippen LogP contribution in [0.15, 0.2) is 18.3 Å². The number of nitrogens with two attached hydrogens (primary N) is 1. The molecule has 9 nitrogen and oxygen atoms in total. The summed E-state index contributed by atoms with van der Waals surface area (Å²) >= 11 is 5.91. The van der Waals surface area contributed by atoms with E-state index in [-0.39, 0.29) is 40.3 Å².